The third-order valence-corrected chi connectivity index (χ3v) is 4.38. The Balaban J connectivity index is 1.71. The highest BCUT2D eigenvalue weighted by atomic mass is 32.2. The van der Waals surface area contributed by atoms with Crippen LogP contribution in [0.3, 0.4) is 0 Å². The molecule has 0 aliphatic carbocycles. The predicted molar refractivity (Wildman–Crippen MR) is 91.3 cm³/mol. The average Bonchev–Trinajstić information content (AvgIpc) is 2.98. The van der Waals surface area contributed by atoms with E-state index in [4.69, 9.17) is 4.42 Å². The highest BCUT2D eigenvalue weighted by Crippen LogP contribution is 2.25. The van der Waals surface area contributed by atoms with Crippen LogP contribution < -0.4 is 5.32 Å². The number of furan rings is 1. The van der Waals surface area contributed by atoms with Crippen LogP contribution >= 0.6 is 11.8 Å². The first kappa shape index (κ1) is 16.7. The SMILES string of the molecule is CC(C)(C)c1ccc(SCC(=O)NCCc2ccco2)cc1. The Morgan fingerprint density at radius 3 is 2.50 bits per heavy atom. The van der Waals surface area contributed by atoms with Gasteiger partial charge in [0.05, 0.1) is 12.0 Å². The van der Waals surface area contributed by atoms with E-state index in [1.807, 2.05) is 12.1 Å². The van der Waals surface area contributed by atoms with Crippen molar-refractivity contribution in [3.05, 3.63) is 54.0 Å². The topological polar surface area (TPSA) is 42.2 Å². The van der Waals surface area contributed by atoms with E-state index in [1.165, 1.54) is 5.56 Å². The summed E-state index contributed by atoms with van der Waals surface area (Å²) in [4.78, 5) is 12.9. The fourth-order valence-corrected chi connectivity index (χ4v) is 2.76. The van der Waals surface area contributed by atoms with Gasteiger partial charge in [0, 0.05) is 17.9 Å². The minimum absolute atomic E-state index is 0.0523. The number of rotatable bonds is 6. The van der Waals surface area contributed by atoms with Crippen molar-refractivity contribution in [3.8, 4) is 0 Å². The lowest BCUT2D eigenvalue weighted by molar-refractivity contribution is -0.118. The fourth-order valence-electron chi connectivity index (χ4n) is 2.03. The molecule has 4 heteroatoms. The highest BCUT2D eigenvalue weighted by Gasteiger charge is 2.13. The molecular formula is C18H23NO2S. The zero-order chi connectivity index (χ0) is 16.0. The predicted octanol–water partition coefficient (Wildman–Crippen LogP) is 4.03. The van der Waals surface area contributed by atoms with Gasteiger partial charge in [-0.1, -0.05) is 32.9 Å². The summed E-state index contributed by atoms with van der Waals surface area (Å²) in [6, 6.07) is 12.2. The maximum Gasteiger partial charge on any atom is 0.230 e. The second-order valence-corrected chi connectivity index (χ2v) is 7.29. The van der Waals surface area contributed by atoms with E-state index in [2.05, 4.69) is 50.4 Å². The van der Waals surface area contributed by atoms with E-state index in [1.54, 1.807) is 18.0 Å². The molecule has 0 saturated heterocycles. The van der Waals surface area contributed by atoms with E-state index < -0.39 is 0 Å². The van der Waals surface area contributed by atoms with Crippen LogP contribution in [0.15, 0.2) is 52.0 Å². The van der Waals surface area contributed by atoms with Crippen LogP contribution in [-0.2, 0) is 16.6 Å². The monoisotopic (exact) mass is 317 g/mol. The summed E-state index contributed by atoms with van der Waals surface area (Å²) in [7, 11) is 0. The van der Waals surface area contributed by atoms with Gasteiger partial charge in [-0.05, 0) is 35.2 Å². The molecule has 1 aromatic heterocycles. The van der Waals surface area contributed by atoms with E-state index in [-0.39, 0.29) is 11.3 Å². The number of hydrogen-bond acceptors (Lipinski definition) is 3. The van der Waals surface area contributed by atoms with Gasteiger partial charge in [0.25, 0.3) is 0 Å². The fraction of sp³-hybridized carbons (Fsp3) is 0.389. The number of benzene rings is 1. The Morgan fingerprint density at radius 2 is 1.91 bits per heavy atom. The molecule has 0 aliphatic rings. The largest absolute Gasteiger partial charge is 0.469 e. The van der Waals surface area contributed by atoms with Crippen LogP contribution in [0, 0.1) is 0 Å². The molecule has 0 saturated carbocycles. The first-order chi connectivity index (χ1) is 10.4. The molecule has 0 bridgehead atoms. The quantitative estimate of drug-likeness (QED) is 0.818. The summed E-state index contributed by atoms with van der Waals surface area (Å²) >= 11 is 1.56. The summed E-state index contributed by atoms with van der Waals surface area (Å²) in [5.74, 6) is 1.38. The minimum Gasteiger partial charge on any atom is -0.469 e. The van der Waals surface area contributed by atoms with E-state index in [0.29, 0.717) is 12.3 Å². The second-order valence-electron chi connectivity index (χ2n) is 6.24. The maximum atomic E-state index is 11.8. The van der Waals surface area contributed by atoms with Gasteiger partial charge in [-0.3, -0.25) is 4.79 Å². The molecule has 2 aromatic rings. The van der Waals surface area contributed by atoms with Crippen LogP contribution in [0.2, 0.25) is 0 Å². The van der Waals surface area contributed by atoms with Crippen molar-refractivity contribution in [2.75, 3.05) is 12.3 Å². The van der Waals surface area contributed by atoms with E-state index in [9.17, 15) is 4.79 Å². The minimum atomic E-state index is 0.0523. The summed E-state index contributed by atoms with van der Waals surface area (Å²) in [6.07, 6.45) is 2.37. The molecule has 3 nitrogen and oxygen atoms in total. The van der Waals surface area contributed by atoms with E-state index in [0.717, 1.165) is 17.1 Å². The van der Waals surface area contributed by atoms with Crippen molar-refractivity contribution >= 4 is 17.7 Å². The van der Waals surface area contributed by atoms with Crippen LogP contribution in [0.25, 0.3) is 0 Å². The van der Waals surface area contributed by atoms with E-state index >= 15 is 0 Å². The molecule has 1 aromatic carbocycles. The molecule has 118 valence electrons. The number of hydrogen-bond donors (Lipinski definition) is 1. The van der Waals surface area contributed by atoms with Crippen LogP contribution in [0.1, 0.15) is 32.1 Å². The van der Waals surface area contributed by atoms with Crippen LogP contribution in [0.5, 0.6) is 0 Å². The molecule has 1 N–H and O–H groups in total. The van der Waals surface area contributed by atoms with Gasteiger partial charge in [0.2, 0.25) is 5.91 Å². The number of carbonyl (C=O) groups is 1. The summed E-state index contributed by atoms with van der Waals surface area (Å²) in [5, 5.41) is 2.91. The first-order valence-corrected chi connectivity index (χ1v) is 8.46. The summed E-state index contributed by atoms with van der Waals surface area (Å²) in [5.41, 5.74) is 1.46. The highest BCUT2D eigenvalue weighted by molar-refractivity contribution is 8.00. The number of amides is 1. The van der Waals surface area contributed by atoms with Crippen LogP contribution in [-0.4, -0.2) is 18.2 Å². The molecule has 0 fully saturated rings. The van der Waals surface area contributed by atoms with Crippen molar-refractivity contribution in [1.29, 1.82) is 0 Å². The Kier molecular flexibility index (Phi) is 5.72. The molecule has 0 atom stereocenters. The normalized spacial score (nSPS) is 11.4. The molecule has 0 aliphatic heterocycles. The van der Waals surface area contributed by atoms with Crippen molar-refractivity contribution in [1.82, 2.24) is 5.32 Å². The zero-order valence-corrected chi connectivity index (χ0v) is 14.2. The molecule has 22 heavy (non-hydrogen) atoms. The third-order valence-electron chi connectivity index (χ3n) is 3.36. The van der Waals surface area contributed by atoms with Crippen molar-refractivity contribution in [2.45, 2.75) is 37.5 Å². The number of nitrogens with one attached hydrogen (secondary N) is 1. The second kappa shape index (κ2) is 7.54. The smallest absolute Gasteiger partial charge is 0.230 e. The average molecular weight is 317 g/mol. The molecular weight excluding hydrogens is 294 g/mol. The lowest BCUT2D eigenvalue weighted by atomic mass is 9.87. The Bertz CT molecular complexity index is 583. The molecule has 1 amide bonds. The van der Waals surface area contributed by atoms with Crippen molar-refractivity contribution in [3.63, 3.8) is 0 Å². The maximum absolute atomic E-state index is 11.8. The Labute approximate surface area is 136 Å². The van der Waals surface area contributed by atoms with Gasteiger partial charge in [-0.15, -0.1) is 11.8 Å². The molecule has 1 heterocycles. The van der Waals surface area contributed by atoms with Gasteiger partial charge in [0.1, 0.15) is 5.76 Å². The number of carbonyl (C=O) groups excluding carboxylic acids is 1. The molecule has 0 radical (unpaired) electrons. The third kappa shape index (κ3) is 5.26. The van der Waals surface area contributed by atoms with Crippen LogP contribution in [0.4, 0.5) is 0 Å². The molecule has 0 spiro atoms. The van der Waals surface area contributed by atoms with Crippen molar-refractivity contribution in [2.24, 2.45) is 0 Å². The lowest BCUT2D eigenvalue weighted by Gasteiger charge is -2.19. The summed E-state index contributed by atoms with van der Waals surface area (Å²) in [6.45, 7) is 7.20. The lowest BCUT2D eigenvalue weighted by Crippen LogP contribution is -2.27. The Hall–Kier alpha value is -1.68. The van der Waals surface area contributed by atoms with Gasteiger partial charge in [-0.25, -0.2) is 0 Å². The van der Waals surface area contributed by atoms with Gasteiger partial charge >= 0.3 is 0 Å². The van der Waals surface area contributed by atoms with Gasteiger partial charge in [-0.2, -0.15) is 0 Å². The zero-order valence-electron chi connectivity index (χ0n) is 13.4. The molecule has 2 rings (SSSR count). The van der Waals surface area contributed by atoms with Crippen molar-refractivity contribution < 1.29 is 9.21 Å². The first-order valence-electron chi connectivity index (χ1n) is 7.47. The van der Waals surface area contributed by atoms with Gasteiger partial charge in [0.15, 0.2) is 0 Å². The number of thioether (sulfide) groups is 1. The standard InChI is InChI=1S/C18H23NO2S/c1-18(2,3)14-6-8-16(9-7-14)22-13-17(20)19-11-10-15-5-4-12-21-15/h4-9,12H,10-11,13H2,1-3H3,(H,19,20). The van der Waals surface area contributed by atoms with Gasteiger partial charge < -0.3 is 9.73 Å². The summed E-state index contributed by atoms with van der Waals surface area (Å²) < 4.78 is 5.23. The Morgan fingerprint density at radius 1 is 1.18 bits per heavy atom. The molecule has 0 unspecified atom stereocenters.